The first-order valence-corrected chi connectivity index (χ1v) is 9.90. The van der Waals surface area contributed by atoms with E-state index in [1.165, 1.54) is 11.4 Å². The van der Waals surface area contributed by atoms with E-state index in [1.807, 2.05) is 0 Å². The fraction of sp³-hybridized carbons (Fsp3) is 0.438. The summed E-state index contributed by atoms with van der Waals surface area (Å²) in [7, 11) is -1.96. The highest BCUT2D eigenvalue weighted by atomic mass is 32.2. The number of hydrogen-bond donors (Lipinski definition) is 1. The number of benzene rings is 1. The first kappa shape index (κ1) is 18.3. The Hall–Kier alpha value is -2.46. The third-order valence-corrected chi connectivity index (χ3v) is 5.45. The van der Waals surface area contributed by atoms with Crippen LogP contribution in [-0.4, -0.2) is 54.8 Å². The number of anilines is 1. The fourth-order valence-corrected chi connectivity index (χ4v) is 4.09. The van der Waals surface area contributed by atoms with Gasteiger partial charge in [-0.3, -0.25) is 4.79 Å². The van der Waals surface area contributed by atoms with Crippen molar-refractivity contribution in [2.24, 2.45) is 0 Å². The number of carbonyl (C=O) groups is 1. The van der Waals surface area contributed by atoms with Gasteiger partial charge in [-0.15, -0.1) is 10.2 Å². The fourth-order valence-electron chi connectivity index (χ4n) is 2.97. The zero-order valence-corrected chi connectivity index (χ0v) is 15.5. The summed E-state index contributed by atoms with van der Waals surface area (Å²) in [6.45, 7) is 2.03. The number of amides is 1. The SMILES string of the molecule is COc1ccc(-c2nnc(C)o2)cc1NC(=O)[C@@H]1CCCN1S(C)(=O)=O. The maximum absolute atomic E-state index is 12.7. The van der Waals surface area contributed by atoms with Crippen LogP contribution < -0.4 is 10.1 Å². The van der Waals surface area contributed by atoms with Gasteiger partial charge in [-0.05, 0) is 31.0 Å². The minimum Gasteiger partial charge on any atom is -0.495 e. The van der Waals surface area contributed by atoms with Gasteiger partial charge in [0.15, 0.2) is 0 Å². The Labute approximate surface area is 151 Å². The van der Waals surface area contributed by atoms with Crippen LogP contribution in [0, 0.1) is 6.92 Å². The minimum atomic E-state index is -3.45. The summed E-state index contributed by atoms with van der Waals surface area (Å²) in [5.41, 5.74) is 1.03. The molecule has 1 saturated heterocycles. The molecule has 0 unspecified atom stereocenters. The lowest BCUT2D eigenvalue weighted by atomic mass is 10.1. The molecule has 2 aromatic rings. The molecule has 26 heavy (non-hydrogen) atoms. The summed E-state index contributed by atoms with van der Waals surface area (Å²) in [5.74, 6) is 0.794. The number of sulfonamides is 1. The summed E-state index contributed by atoms with van der Waals surface area (Å²) in [6.07, 6.45) is 2.23. The summed E-state index contributed by atoms with van der Waals surface area (Å²) in [4.78, 5) is 12.7. The number of rotatable bonds is 5. The number of ether oxygens (including phenoxy) is 1. The molecule has 2 heterocycles. The van der Waals surface area contributed by atoms with Crippen molar-refractivity contribution >= 4 is 21.6 Å². The number of nitrogens with one attached hydrogen (secondary N) is 1. The van der Waals surface area contributed by atoms with Crippen LogP contribution in [0.25, 0.3) is 11.5 Å². The second-order valence-corrected chi connectivity index (χ2v) is 8.00. The molecule has 0 radical (unpaired) electrons. The molecule has 1 N–H and O–H groups in total. The standard InChI is InChI=1S/C16H20N4O5S/c1-10-18-19-16(25-10)11-6-7-14(24-2)12(9-11)17-15(21)13-5-4-8-20(13)26(3,22)23/h6-7,9,13H,4-5,8H2,1-3H3,(H,17,21)/t13-/m0/s1. The molecule has 9 nitrogen and oxygen atoms in total. The van der Waals surface area contributed by atoms with Crippen molar-refractivity contribution in [2.45, 2.75) is 25.8 Å². The number of aryl methyl sites for hydroxylation is 1. The van der Waals surface area contributed by atoms with Crippen LogP contribution in [0.2, 0.25) is 0 Å². The van der Waals surface area contributed by atoms with Gasteiger partial charge in [0, 0.05) is 19.0 Å². The molecule has 140 valence electrons. The molecule has 1 amide bonds. The van der Waals surface area contributed by atoms with E-state index in [1.54, 1.807) is 25.1 Å². The number of methoxy groups -OCH3 is 1. The smallest absolute Gasteiger partial charge is 0.247 e. The first-order valence-electron chi connectivity index (χ1n) is 8.06. The van der Waals surface area contributed by atoms with Gasteiger partial charge in [0.25, 0.3) is 0 Å². The Morgan fingerprint density at radius 1 is 1.38 bits per heavy atom. The largest absolute Gasteiger partial charge is 0.495 e. The zero-order valence-electron chi connectivity index (χ0n) is 14.7. The van der Waals surface area contributed by atoms with E-state index in [9.17, 15) is 13.2 Å². The van der Waals surface area contributed by atoms with E-state index in [0.29, 0.717) is 48.2 Å². The van der Waals surface area contributed by atoms with E-state index in [2.05, 4.69) is 15.5 Å². The summed E-state index contributed by atoms with van der Waals surface area (Å²) in [5, 5.41) is 10.5. The molecule has 10 heteroatoms. The quantitative estimate of drug-likeness (QED) is 0.834. The average molecular weight is 380 g/mol. The first-order chi connectivity index (χ1) is 12.3. The van der Waals surface area contributed by atoms with E-state index < -0.39 is 22.0 Å². The number of nitrogens with zero attached hydrogens (tertiary/aromatic N) is 3. The minimum absolute atomic E-state index is 0.319. The Kier molecular flexibility index (Phi) is 4.97. The Balaban J connectivity index is 1.87. The summed E-state index contributed by atoms with van der Waals surface area (Å²) < 4.78 is 35.6. The van der Waals surface area contributed by atoms with Gasteiger partial charge in [-0.2, -0.15) is 4.31 Å². The van der Waals surface area contributed by atoms with E-state index in [-0.39, 0.29) is 0 Å². The van der Waals surface area contributed by atoms with Gasteiger partial charge in [-0.1, -0.05) is 0 Å². The molecule has 0 aliphatic carbocycles. The maximum Gasteiger partial charge on any atom is 0.247 e. The van der Waals surface area contributed by atoms with Crippen LogP contribution in [0.4, 0.5) is 5.69 Å². The highest BCUT2D eigenvalue weighted by Gasteiger charge is 2.36. The molecule has 0 saturated carbocycles. The molecule has 1 aromatic carbocycles. The van der Waals surface area contributed by atoms with Crippen molar-refractivity contribution in [3.8, 4) is 17.2 Å². The van der Waals surface area contributed by atoms with Gasteiger partial charge >= 0.3 is 0 Å². The molecule has 1 fully saturated rings. The third-order valence-electron chi connectivity index (χ3n) is 4.16. The predicted molar refractivity (Wildman–Crippen MR) is 94.2 cm³/mol. The molecule has 0 bridgehead atoms. The average Bonchev–Trinajstić information content (AvgIpc) is 3.23. The molecule has 1 aromatic heterocycles. The molecular weight excluding hydrogens is 360 g/mol. The van der Waals surface area contributed by atoms with Crippen molar-refractivity contribution in [1.82, 2.24) is 14.5 Å². The normalized spacial score (nSPS) is 18.0. The third kappa shape index (κ3) is 3.70. The number of hydrogen-bond acceptors (Lipinski definition) is 7. The van der Waals surface area contributed by atoms with Gasteiger partial charge in [-0.25, -0.2) is 8.42 Å². The van der Waals surface area contributed by atoms with Gasteiger partial charge in [0.2, 0.25) is 27.7 Å². The predicted octanol–water partition coefficient (Wildman–Crippen LogP) is 1.42. The van der Waals surface area contributed by atoms with Crippen LogP contribution in [-0.2, 0) is 14.8 Å². The van der Waals surface area contributed by atoms with Gasteiger partial charge < -0.3 is 14.5 Å². The highest BCUT2D eigenvalue weighted by molar-refractivity contribution is 7.88. The topological polar surface area (TPSA) is 115 Å². The Morgan fingerprint density at radius 3 is 2.77 bits per heavy atom. The molecule has 1 aliphatic rings. The molecule has 3 rings (SSSR count). The highest BCUT2D eigenvalue weighted by Crippen LogP contribution is 2.31. The van der Waals surface area contributed by atoms with Crippen LogP contribution in [0.5, 0.6) is 5.75 Å². The number of carbonyl (C=O) groups excluding carboxylic acids is 1. The van der Waals surface area contributed by atoms with Crippen LogP contribution >= 0.6 is 0 Å². The van der Waals surface area contributed by atoms with Crippen molar-refractivity contribution in [1.29, 1.82) is 0 Å². The van der Waals surface area contributed by atoms with Gasteiger partial charge in [0.1, 0.15) is 11.8 Å². The van der Waals surface area contributed by atoms with E-state index >= 15 is 0 Å². The van der Waals surface area contributed by atoms with Crippen LogP contribution in [0.3, 0.4) is 0 Å². The van der Waals surface area contributed by atoms with E-state index in [0.717, 1.165) is 6.26 Å². The Morgan fingerprint density at radius 2 is 2.15 bits per heavy atom. The number of aromatic nitrogens is 2. The summed E-state index contributed by atoms with van der Waals surface area (Å²) in [6, 6.07) is 4.33. The summed E-state index contributed by atoms with van der Waals surface area (Å²) >= 11 is 0. The lowest BCUT2D eigenvalue weighted by Crippen LogP contribution is -2.42. The molecular formula is C16H20N4O5S. The van der Waals surface area contributed by atoms with Crippen LogP contribution in [0.15, 0.2) is 22.6 Å². The second kappa shape index (κ2) is 7.04. The van der Waals surface area contributed by atoms with Gasteiger partial charge in [0.05, 0.1) is 19.1 Å². The van der Waals surface area contributed by atoms with E-state index in [4.69, 9.17) is 9.15 Å². The Bertz CT molecular complexity index is 924. The molecule has 0 spiro atoms. The van der Waals surface area contributed by atoms with Crippen molar-refractivity contribution in [3.05, 3.63) is 24.1 Å². The maximum atomic E-state index is 12.7. The lowest BCUT2D eigenvalue weighted by Gasteiger charge is -2.22. The second-order valence-electron chi connectivity index (χ2n) is 6.06. The van der Waals surface area contributed by atoms with Crippen LogP contribution in [0.1, 0.15) is 18.7 Å². The lowest BCUT2D eigenvalue weighted by molar-refractivity contribution is -0.119. The van der Waals surface area contributed by atoms with Crippen molar-refractivity contribution < 1.29 is 22.4 Å². The molecule has 1 aliphatic heterocycles. The zero-order chi connectivity index (χ0) is 18.9. The van der Waals surface area contributed by atoms with Crippen molar-refractivity contribution in [2.75, 3.05) is 25.2 Å². The van der Waals surface area contributed by atoms with Crippen molar-refractivity contribution in [3.63, 3.8) is 0 Å². The molecule has 1 atom stereocenters. The monoisotopic (exact) mass is 380 g/mol.